The van der Waals surface area contributed by atoms with Crippen molar-refractivity contribution in [2.75, 3.05) is 19.5 Å². The highest BCUT2D eigenvalue weighted by Crippen LogP contribution is 2.18. The van der Waals surface area contributed by atoms with Gasteiger partial charge in [0.15, 0.2) is 0 Å². The molecule has 10 heteroatoms. The zero-order valence-electron chi connectivity index (χ0n) is 14.5. The number of carbonyl (C=O) groups excluding carboxylic acids is 1. The van der Waals surface area contributed by atoms with Gasteiger partial charge < -0.3 is 10.3 Å². The van der Waals surface area contributed by atoms with Gasteiger partial charge in [-0.05, 0) is 42.5 Å². The molecule has 2 N–H and O–H groups in total. The molecule has 0 unspecified atom stereocenters. The molecule has 140 valence electrons. The molecular weight excluding hydrogens is 372 g/mol. The molecule has 2 aromatic carbocycles. The Morgan fingerprint density at radius 2 is 1.89 bits per heavy atom. The monoisotopic (exact) mass is 388 g/mol. The number of sulfonamides is 1. The molecule has 1 amide bonds. The molecule has 0 bridgehead atoms. The van der Waals surface area contributed by atoms with E-state index < -0.39 is 15.9 Å². The van der Waals surface area contributed by atoms with Gasteiger partial charge in [-0.1, -0.05) is 4.47 Å². The normalized spacial score (nSPS) is 11.7. The van der Waals surface area contributed by atoms with Crippen molar-refractivity contribution in [1.82, 2.24) is 14.4 Å². The highest BCUT2D eigenvalue weighted by Gasteiger charge is 2.21. The van der Waals surface area contributed by atoms with Crippen LogP contribution in [0.5, 0.6) is 0 Å². The standard InChI is InChI=1S/C17H16N4O5S/c1-21(26-2)27(24,25)13-6-3-11(4-7-13)16(22)20-12-5-8-15-14(9-12)17(23)19-10-18-15/h3-10H,1-2H3,(H,20,22)(H,18,19,23). The zero-order chi connectivity index (χ0) is 19.6. The predicted octanol–water partition coefficient (Wildman–Crippen LogP) is 1.36. The fourth-order valence-corrected chi connectivity index (χ4v) is 3.35. The minimum absolute atomic E-state index is 0.00767. The molecule has 0 aliphatic rings. The molecule has 3 aromatic rings. The number of H-pyrrole nitrogens is 1. The van der Waals surface area contributed by atoms with E-state index in [4.69, 9.17) is 4.84 Å². The summed E-state index contributed by atoms with van der Waals surface area (Å²) in [4.78, 5) is 35.4. The Morgan fingerprint density at radius 1 is 1.19 bits per heavy atom. The quantitative estimate of drug-likeness (QED) is 0.637. The third-order valence-corrected chi connectivity index (χ3v) is 5.60. The molecule has 3 rings (SSSR count). The molecule has 27 heavy (non-hydrogen) atoms. The van der Waals surface area contributed by atoms with E-state index in [2.05, 4.69) is 15.3 Å². The van der Waals surface area contributed by atoms with Crippen LogP contribution in [0.4, 0.5) is 5.69 Å². The van der Waals surface area contributed by atoms with Crippen LogP contribution < -0.4 is 10.9 Å². The van der Waals surface area contributed by atoms with E-state index in [1.807, 2.05) is 0 Å². The molecule has 1 heterocycles. The van der Waals surface area contributed by atoms with Crippen molar-refractivity contribution in [3.8, 4) is 0 Å². The number of aromatic nitrogens is 2. The molecule has 0 fully saturated rings. The molecule has 0 radical (unpaired) electrons. The fraction of sp³-hybridized carbons (Fsp3) is 0.118. The van der Waals surface area contributed by atoms with Crippen LogP contribution in [0.25, 0.3) is 10.9 Å². The summed E-state index contributed by atoms with van der Waals surface area (Å²) in [6.07, 6.45) is 1.31. The van der Waals surface area contributed by atoms with Crippen LogP contribution in [0.2, 0.25) is 0 Å². The summed E-state index contributed by atoms with van der Waals surface area (Å²) in [5.74, 6) is -0.446. The zero-order valence-corrected chi connectivity index (χ0v) is 15.3. The lowest BCUT2D eigenvalue weighted by atomic mass is 10.2. The van der Waals surface area contributed by atoms with Crippen LogP contribution in [-0.2, 0) is 14.9 Å². The van der Waals surface area contributed by atoms with Crippen molar-refractivity contribution in [3.05, 3.63) is 64.7 Å². The van der Waals surface area contributed by atoms with Gasteiger partial charge in [0.1, 0.15) is 0 Å². The summed E-state index contributed by atoms with van der Waals surface area (Å²) in [5, 5.41) is 3.01. The van der Waals surface area contributed by atoms with Crippen molar-refractivity contribution in [2.45, 2.75) is 4.90 Å². The summed E-state index contributed by atoms with van der Waals surface area (Å²) < 4.78 is 25.0. The molecule has 0 saturated heterocycles. The van der Waals surface area contributed by atoms with Crippen molar-refractivity contribution in [3.63, 3.8) is 0 Å². The number of nitrogens with zero attached hydrogens (tertiary/aromatic N) is 2. The number of nitrogens with one attached hydrogen (secondary N) is 2. The Balaban J connectivity index is 1.83. The maximum atomic E-state index is 12.4. The van der Waals surface area contributed by atoms with Crippen LogP contribution in [0.15, 0.2) is 58.5 Å². The van der Waals surface area contributed by atoms with Crippen molar-refractivity contribution in [2.24, 2.45) is 0 Å². The minimum atomic E-state index is -3.79. The Kier molecular flexibility index (Phi) is 5.04. The summed E-state index contributed by atoms with van der Waals surface area (Å²) in [5.41, 5.74) is 0.873. The van der Waals surface area contributed by atoms with Gasteiger partial charge in [0.05, 0.1) is 29.2 Å². The second kappa shape index (κ2) is 7.27. The molecule has 0 saturated carbocycles. The molecule has 0 aliphatic heterocycles. The number of anilines is 1. The van der Waals surface area contributed by atoms with Gasteiger partial charge >= 0.3 is 0 Å². The fourth-order valence-electron chi connectivity index (χ4n) is 2.37. The Bertz CT molecular complexity index is 1160. The number of hydrogen-bond donors (Lipinski definition) is 2. The Morgan fingerprint density at radius 3 is 2.56 bits per heavy atom. The smallest absolute Gasteiger partial charge is 0.264 e. The maximum absolute atomic E-state index is 12.4. The molecule has 0 spiro atoms. The highest BCUT2D eigenvalue weighted by atomic mass is 32.2. The first-order chi connectivity index (χ1) is 12.8. The number of rotatable bonds is 5. The lowest BCUT2D eigenvalue weighted by Gasteiger charge is -2.14. The van der Waals surface area contributed by atoms with Gasteiger partial charge in [-0.25, -0.2) is 13.4 Å². The van der Waals surface area contributed by atoms with Crippen molar-refractivity contribution in [1.29, 1.82) is 0 Å². The lowest BCUT2D eigenvalue weighted by Crippen LogP contribution is -2.25. The number of aromatic amines is 1. The SMILES string of the molecule is CON(C)S(=O)(=O)c1ccc(C(=O)Nc2ccc3nc[nH]c(=O)c3c2)cc1. The minimum Gasteiger partial charge on any atom is -0.322 e. The third kappa shape index (κ3) is 3.72. The number of hydroxylamine groups is 1. The van der Waals surface area contributed by atoms with Gasteiger partial charge in [0.2, 0.25) is 0 Å². The molecular formula is C17H16N4O5S. The number of hydrogen-bond acceptors (Lipinski definition) is 6. The number of amides is 1. The van der Waals surface area contributed by atoms with E-state index in [1.165, 1.54) is 50.8 Å². The molecule has 0 atom stereocenters. The lowest BCUT2D eigenvalue weighted by molar-refractivity contribution is -0.0258. The first kappa shape index (κ1) is 18.7. The second-order valence-electron chi connectivity index (χ2n) is 5.54. The van der Waals surface area contributed by atoms with Gasteiger partial charge in [0.25, 0.3) is 21.5 Å². The average Bonchev–Trinajstić information content (AvgIpc) is 2.68. The Labute approximate surface area is 154 Å². The van der Waals surface area contributed by atoms with Gasteiger partial charge in [-0.15, -0.1) is 0 Å². The topological polar surface area (TPSA) is 121 Å². The van der Waals surface area contributed by atoms with Crippen LogP contribution >= 0.6 is 0 Å². The predicted molar refractivity (Wildman–Crippen MR) is 98.7 cm³/mol. The number of carbonyl (C=O) groups is 1. The van der Waals surface area contributed by atoms with Gasteiger partial charge in [-0.2, -0.15) is 0 Å². The highest BCUT2D eigenvalue weighted by molar-refractivity contribution is 7.89. The van der Waals surface area contributed by atoms with Crippen molar-refractivity contribution >= 4 is 32.5 Å². The van der Waals surface area contributed by atoms with E-state index in [9.17, 15) is 18.0 Å². The third-order valence-electron chi connectivity index (χ3n) is 3.91. The summed E-state index contributed by atoms with van der Waals surface area (Å²) in [6, 6.07) is 10.2. The number of benzene rings is 2. The van der Waals surface area contributed by atoms with Crippen molar-refractivity contribution < 1.29 is 18.0 Å². The van der Waals surface area contributed by atoms with E-state index in [0.29, 0.717) is 16.6 Å². The molecule has 1 aromatic heterocycles. The van der Waals surface area contributed by atoms with E-state index >= 15 is 0 Å². The van der Waals surface area contributed by atoms with E-state index in [-0.39, 0.29) is 16.0 Å². The molecule has 0 aliphatic carbocycles. The van der Waals surface area contributed by atoms with Gasteiger partial charge in [0, 0.05) is 18.3 Å². The van der Waals surface area contributed by atoms with Crippen LogP contribution in [0.3, 0.4) is 0 Å². The van der Waals surface area contributed by atoms with E-state index in [1.54, 1.807) is 12.1 Å². The number of fused-ring (bicyclic) bond motifs is 1. The van der Waals surface area contributed by atoms with Crippen LogP contribution in [-0.4, -0.2) is 42.9 Å². The summed E-state index contributed by atoms with van der Waals surface area (Å²) >= 11 is 0. The van der Waals surface area contributed by atoms with E-state index in [0.717, 1.165) is 4.47 Å². The summed E-state index contributed by atoms with van der Waals surface area (Å²) in [6.45, 7) is 0. The first-order valence-corrected chi connectivity index (χ1v) is 9.19. The Hall–Kier alpha value is -3.08. The van der Waals surface area contributed by atoms with Crippen LogP contribution in [0.1, 0.15) is 10.4 Å². The largest absolute Gasteiger partial charge is 0.322 e. The summed E-state index contributed by atoms with van der Waals surface area (Å²) in [7, 11) is -1.28. The average molecular weight is 388 g/mol. The van der Waals surface area contributed by atoms with Crippen LogP contribution in [0, 0.1) is 0 Å². The van der Waals surface area contributed by atoms with Gasteiger partial charge in [-0.3, -0.25) is 14.4 Å². The molecule has 9 nitrogen and oxygen atoms in total. The first-order valence-electron chi connectivity index (χ1n) is 7.75. The maximum Gasteiger partial charge on any atom is 0.264 e. The second-order valence-corrected chi connectivity index (χ2v) is 7.48.